The SMILES string of the molecule is Cc1cn([C@H]2CC[C@@H](COP(=O)(O)OP(=O)(O)OP(=O)(O)O)C2)c(=O)[nH]c1=O. The molecule has 4 atom stereocenters. The standard InChI is InChI=1S/C11H19N2O12P3/c1-7-5-13(11(15)12-10(7)14)9-3-2-8(4-9)6-23-27(19,20)25-28(21,22)24-26(16,17)18/h5,8-9H,2-4,6H2,1H3,(H,19,20)(H,21,22)(H,12,14,15)(H2,16,17,18)/t8-,9+/m1/s1. The van der Waals surface area contributed by atoms with Gasteiger partial charge in [-0.1, -0.05) is 0 Å². The Balaban J connectivity index is 1.95. The maximum atomic E-state index is 11.9. The van der Waals surface area contributed by atoms with Crippen molar-refractivity contribution in [3.8, 4) is 0 Å². The fourth-order valence-electron chi connectivity index (χ4n) is 2.81. The predicted molar refractivity (Wildman–Crippen MR) is 92.3 cm³/mol. The maximum Gasteiger partial charge on any atom is 0.490 e. The van der Waals surface area contributed by atoms with Crippen molar-refractivity contribution in [3.63, 3.8) is 0 Å². The Hall–Kier alpha value is -0.910. The number of nitrogens with one attached hydrogen (secondary N) is 1. The molecule has 0 aliphatic heterocycles. The third-order valence-electron chi connectivity index (χ3n) is 3.94. The van der Waals surface area contributed by atoms with Gasteiger partial charge in [0.15, 0.2) is 0 Å². The van der Waals surface area contributed by atoms with Crippen LogP contribution in [0.5, 0.6) is 0 Å². The molecule has 0 amide bonds. The minimum atomic E-state index is -5.55. The third kappa shape index (κ3) is 6.85. The number of aryl methyl sites for hydroxylation is 1. The molecule has 160 valence electrons. The highest BCUT2D eigenvalue weighted by molar-refractivity contribution is 7.66. The first kappa shape index (κ1) is 23.4. The van der Waals surface area contributed by atoms with Gasteiger partial charge in [0.1, 0.15) is 0 Å². The molecule has 5 N–H and O–H groups in total. The summed E-state index contributed by atoms with van der Waals surface area (Å²) < 4.78 is 46.7. The third-order valence-corrected chi connectivity index (χ3v) is 7.74. The van der Waals surface area contributed by atoms with Crippen LogP contribution in [0.15, 0.2) is 15.8 Å². The van der Waals surface area contributed by atoms with Crippen molar-refractivity contribution in [2.75, 3.05) is 6.61 Å². The summed E-state index contributed by atoms with van der Waals surface area (Å²) >= 11 is 0. The molecule has 1 aromatic heterocycles. The van der Waals surface area contributed by atoms with Gasteiger partial charge in [0.2, 0.25) is 0 Å². The average Bonchev–Trinajstić information content (AvgIpc) is 2.94. The Bertz CT molecular complexity index is 980. The van der Waals surface area contributed by atoms with Crippen LogP contribution in [0.25, 0.3) is 0 Å². The molecular weight excluding hydrogens is 445 g/mol. The van der Waals surface area contributed by atoms with E-state index in [1.807, 2.05) is 0 Å². The lowest BCUT2D eigenvalue weighted by Gasteiger charge is -2.18. The van der Waals surface area contributed by atoms with Gasteiger partial charge in [0, 0.05) is 17.8 Å². The molecule has 1 saturated carbocycles. The van der Waals surface area contributed by atoms with E-state index in [1.165, 1.54) is 17.7 Å². The number of rotatable bonds is 8. The van der Waals surface area contributed by atoms with Crippen LogP contribution in [-0.2, 0) is 26.8 Å². The molecule has 0 radical (unpaired) electrons. The van der Waals surface area contributed by atoms with Crippen LogP contribution in [0.1, 0.15) is 30.9 Å². The van der Waals surface area contributed by atoms with Gasteiger partial charge >= 0.3 is 29.2 Å². The Morgan fingerprint density at radius 3 is 2.36 bits per heavy atom. The van der Waals surface area contributed by atoms with Crippen molar-refractivity contribution in [1.82, 2.24) is 9.55 Å². The van der Waals surface area contributed by atoms with Crippen molar-refractivity contribution < 1.29 is 46.4 Å². The lowest BCUT2D eigenvalue weighted by atomic mass is 10.1. The van der Waals surface area contributed by atoms with Gasteiger partial charge in [-0.2, -0.15) is 8.62 Å². The average molecular weight is 464 g/mol. The molecule has 2 rings (SSSR count). The van der Waals surface area contributed by atoms with Crippen LogP contribution in [0, 0.1) is 12.8 Å². The predicted octanol–water partition coefficient (Wildman–Crippen LogP) is 0.530. The first-order chi connectivity index (χ1) is 12.7. The summed E-state index contributed by atoms with van der Waals surface area (Å²) in [7, 11) is -16.2. The zero-order valence-corrected chi connectivity index (χ0v) is 17.1. The molecule has 14 nitrogen and oxygen atoms in total. The van der Waals surface area contributed by atoms with Gasteiger partial charge in [0.25, 0.3) is 5.56 Å². The molecule has 28 heavy (non-hydrogen) atoms. The fraction of sp³-hybridized carbons (Fsp3) is 0.636. The number of aromatic amines is 1. The topological polar surface area (TPSA) is 215 Å². The molecule has 1 aromatic rings. The molecular formula is C11H19N2O12P3. The summed E-state index contributed by atoms with van der Waals surface area (Å²) in [5.74, 6) is -0.325. The number of nitrogens with zero attached hydrogens (tertiary/aromatic N) is 1. The van der Waals surface area contributed by atoms with E-state index >= 15 is 0 Å². The van der Waals surface area contributed by atoms with E-state index in [1.54, 1.807) is 0 Å². The first-order valence-electron chi connectivity index (χ1n) is 7.78. The van der Waals surface area contributed by atoms with Gasteiger partial charge in [-0.3, -0.25) is 18.9 Å². The number of aromatic nitrogens is 2. The summed E-state index contributed by atoms with van der Waals surface area (Å²) in [6.07, 6.45) is 2.75. The quantitative estimate of drug-likeness (QED) is 0.333. The van der Waals surface area contributed by atoms with Crippen LogP contribution in [0.4, 0.5) is 0 Å². The summed E-state index contributed by atoms with van der Waals surface area (Å²) in [6.45, 7) is 1.15. The fourth-order valence-corrected chi connectivity index (χ4v) is 5.91. The van der Waals surface area contributed by atoms with Gasteiger partial charge in [-0.05, 0) is 32.1 Å². The number of hydrogen-bond donors (Lipinski definition) is 5. The van der Waals surface area contributed by atoms with Crippen LogP contribution >= 0.6 is 23.5 Å². The van der Waals surface area contributed by atoms with E-state index in [2.05, 4.69) is 18.1 Å². The minimum Gasteiger partial charge on any atom is -0.302 e. The molecule has 1 fully saturated rings. The largest absolute Gasteiger partial charge is 0.490 e. The first-order valence-corrected chi connectivity index (χ1v) is 12.3. The zero-order valence-electron chi connectivity index (χ0n) is 14.4. The summed E-state index contributed by atoms with van der Waals surface area (Å²) in [5, 5.41) is 0. The number of H-pyrrole nitrogens is 1. The highest BCUT2D eigenvalue weighted by atomic mass is 31.3. The molecule has 0 aromatic carbocycles. The highest BCUT2D eigenvalue weighted by Gasteiger charge is 2.41. The normalized spacial score (nSPS) is 24.6. The number of phosphoric acid groups is 3. The molecule has 0 bridgehead atoms. The second-order valence-corrected chi connectivity index (χ2v) is 10.6. The summed E-state index contributed by atoms with van der Waals surface area (Å²) in [6, 6.07) is -0.294. The van der Waals surface area contributed by atoms with Gasteiger partial charge in [-0.25, -0.2) is 18.5 Å². The second kappa shape index (κ2) is 8.45. The monoisotopic (exact) mass is 464 g/mol. The highest BCUT2D eigenvalue weighted by Crippen LogP contribution is 2.66. The van der Waals surface area contributed by atoms with Crippen molar-refractivity contribution in [2.45, 2.75) is 32.2 Å². The van der Waals surface area contributed by atoms with E-state index in [0.717, 1.165) is 0 Å². The second-order valence-electron chi connectivity index (χ2n) is 6.20. The smallest absolute Gasteiger partial charge is 0.302 e. The Labute approximate surface area is 157 Å². The van der Waals surface area contributed by atoms with Crippen LogP contribution in [0.3, 0.4) is 0 Å². The van der Waals surface area contributed by atoms with Gasteiger partial charge < -0.3 is 19.6 Å². The molecule has 0 spiro atoms. The molecule has 1 aliphatic carbocycles. The van der Waals surface area contributed by atoms with Crippen molar-refractivity contribution >= 4 is 23.5 Å². The lowest BCUT2D eigenvalue weighted by Crippen LogP contribution is -2.32. The molecule has 0 saturated heterocycles. The van der Waals surface area contributed by atoms with Crippen molar-refractivity contribution in [1.29, 1.82) is 0 Å². The lowest BCUT2D eigenvalue weighted by molar-refractivity contribution is 0.153. The van der Waals surface area contributed by atoms with E-state index < -0.39 is 41.3 Å². The van der Waals surface area contributed by atoms with Crippen LogP contribution in [-0.4, -0.2) is 35.7 Å². The number of hydrogen-bond acceptors (Lipinski definition) is 8. The van der Waals surface area contributed by atoms with Crippen molar-refractivity contribution in [2.24, 2.45) is 5.92 Å². The Morgan fingerprint density at radius 1 is 1.11 bits per heavy atom. The van der Waals surface area contributed by atoms with Crippen molar-refractivity contribution in [3.05, 3.63) is 32.6 Å². The van der Waals surface area contributed by atoms with E-state index in [-0.39, 0.29) is 12.0 Å². The molecule has 2 unspecified atom stereocenters. The van der Waals surface area contributed by atoms with E-state index in [4.69, 9.17) is 14.7 Å². The minimum absolute atomic E-state index is 0.294. The zero-order chi connectivity index (χ0) is 21.3. The molecule has 17 heteroatoms. The Morgan fingerprint density at radius 2 is 1.75 bits per heavy atom. The van der Waals surface area contributed by atoms with E-state index in [9.17, 15) is 28.2 Å². The van der Waals surface area contributed by atoms with Crippen LogP contribution < -0.4 is 11.2 Å². The van der Waals surface area contributed by atoms with Crippen LogP contribution in [0.2, 0.25) is 0 Å². The van der Waals surface area contributed by atoms with E-state index in [0.29, 0.717) is 24.8 Å². The van der Waals surface area contributed by atoms with Gasteiger partial charge in [0.05, 0.1) is 6.61 Å². The molecule has 1 heterocycles. The Kier molecular flexibility index (Phi) is 7.05. The summed E-state index contributed by atoms with van der Waals surface area (Å²) in [4.78, 5) is 61.0. The summed E-state index contributed by atoms with van der Waals surface area (Å²) in [5.41, 5.74) is -0.742. The maximum absolute atomic E-state index is 11.9. The number of phosphoric ester groups is 1. The van der Waals surface area contributed by atoms with Gasteiger partial charge in [-0.15, -0.1) is 0 Å². The molecule has 1 aliphatic rings.